The average molecular weight is 272 g/mol. The first kappa shape index (κ1) is 15.6. The Balaban J connectivity index is 0.00000225. The van der Waals surface area contributed by atoms with Crippen molar-refractivity contribution in [3.63, 3.8) is 0 Å². The van der Waals surface area contributed by atoms with Crippen LogP contribution >= 0.6 is 24.0 Å². The van der Waals surface area contributed by atoms with Gasteiger partial charge in [0.25, 0.3) is 0 Å². The van der Waals surface area contributed by atoms with E-state index in [1.807, 2.05) is 0 Å². The van der Waals surface area contributed by atoms with Gasteiger partial charge in [-0.2, -0.15) is 0 Å². The van der Waals surface area contributed by atoms with E-state index in [1.54, 1.807) is 6.92 Å². The number of aliphatic hydroxyl groups excluding tert-OH is 1. The van der Waals surface area contributed by atoms with Crippen molar-refractivity contribution in [3.05, 3.63) is 34.4 Å². The predicted octanol–water partition coefficient (Wildman–Crippen LogP) is 2.81. The largest absolute Gasteiger partial charge is 0.391 e. The summed E-state index contributed by atoms with van der Waals surface area (Å²) in [5, 5.41) is 9.21. The molecule has 1 aromatic rings. The zero-order valence-corrected chi connectivity index (χ0v) is 10.2. The molecule has 2 atom stereocenters. The summed E-state index contributed by atoms with van der Waals surface area (Å²) < 4.78 is 26.7. The molecule has 2 nitrogen and oxygen atoms in total. The summed E-state index contributed by atoms with van der Waals surface area (Å²) in [6.07, 6.45) is -0.681. The zero-order chi connectivity index (χ0) is 11.6. The van der Waals surface area contributed by atoms with Crippen molar-refractivity contribution in [2.75, 3.05) is 0 Å². The number of halogens is 4. The van der Waals surface area contributed by atoms with Crippen molar-refractivity contribution >= 4 is 24.0 Å². The molecular weight excluding hydrogens is 259 g/mol. The van der Waals surface area contributed by atoms with Crippen LogP contribution in [0.5, 0.6) is 0 Å². The second-order valence-electron chi connectivity index (χ2n) is 3.26. The van der Waals surface area contributed by atoms with Gasteiger partial charge in [0.1, 0.15) is 11.6 Å². The van der Waals surface area contributed by atoms with Gasteiger partial charge in [-0.25, -0.2) is 8.78 Å². The van der Waals surface area contributed by atoms with Crippen molar-refractivity contribution in [1.29, 1.82) is 0 Å². The molecule has 1 rings (SSSR count). The second-order valence-corrected chi connectivity index (χ2v) is 3.67. The molecule has 0 fully saturated rings. The van der Waals surface area contributed by atoms with Crippen LogP contribution in [0.2, 0.25) is 5.02 Å². The van der Waals surface area contributed by atoms with Gasteiger partial charge in [-0.15, -0.1) is 12.4 Å². The topological polar surface area (TPSA) is 46.2 Å². The molecule has 0 aliphatic rings. The molecule has 3 N–H and O–H groups in total. The summed E-state index contributed by atoms with van der Waals surface area (Å²) in [5.41, 5.74) is 5.17. The molecule has 92 valence electrons. The maximum Gasteiger partial charge on any atom is 0.149 e. The Morgan fingerprint density at radius 1 is 1.44 bits per heavy atom. The standard InChI is InChI=1S/C10H12ClF2NO.ClH/c1-2-7(15)10(14)8-6(12)4-3-5(11)9(8)13;/h3-4,7,10,15H,2,14H2,1H3;1H/t7-,10-;/m1./s1. The van der Waals surface area contributed by atoms with Gasteiger partial charge in [0.15, 0.2) is 0 Å². The quantitative estimate of drug-likeness (QED) is 0.831. The SMILES string of the molecule is CC[C@@H](O)[C@@H](N)c1c(F)ccc(Cl)c1F.Cl. The van der Waals surface area contributed by atoms with E-state index in [-0.39, 0.29) is 23.0 Å². The van der Waals surface area contributed by atoms with Crippen LogP contribution in [-0.2, 0) is 0 Å². The molecular formula is C10H13Cl2F2NO. The molecule has 0 aliphatic carbocycles. The molecule has 0 spiro atoms. The number of hydrogen-bond acceptors (Lipinski definition) is 2. The van der Waals surface area contributed by atoms with E-state index in [1.165, 1.54) is 0 Å². The lowest BCUT2D eigenvalue weighted by molar-refractivity contribution is 0.137. The molecule has 0 heterocycles. The van der Waals surface area contributed by atoms with Crippen LogP contribution in [-0.4, -0.2) is 11.2 Å². The van der Waals surface area contributed by atoms with E-state index in [0.717, 1.165) is 12.1 Å². The third kappa shape index (κ3) is 3.04. The van der Waals surface area contributed by atoms with Crippen LogP contribution in [0.25, 0.3) is 0 Å². The van der Waals surface area contributed by atoms with Crippen molar-refractivity contribution in [2.24, 2.45) is 5.73 Å². The van der Waals surface area contributed by atoms with Crippen molar-refractivity contribution < 1.29 is 13.9 Å². The zero-order valence-electron chi connectivity index (χ0n) is 8.58. The molecule has 0 aromatic heterocycles. The minimum absolute atomic E-state index is 0. The summed E-state index contributed by atoms with van der Waals surface area (Å²) in [6, 6.07) is 1.04. The highest BCUT2D eigenvalue weighted by Crippen LogP contribution is 2.27. The molecule has 0 saturated heterocycles. The minimum Gasteiger partial charge on any atom is -0.391 e. The lowest BCUT2D eigenvalue weighted by atomic mass is 9.99. The van der Waals surface area contributed by atoms with Gasteiger partial charge in [0, 0.05) is 5.56 Å². The Morgan fingerprint density at radius 3 is 2.50 bits per heavy atom. The highest BCUT2D eigenvalue weighted by atomic mass is 35.5. The highest BCUT2D eigenvalue weighted by molar-refractivity contribution is 6.30. The lowest BCUT2D eigenvalue weighted by Crippen LogP contribution is -2.27. The number of rotatable bonds is 3. The third-order valence-corrected chi connectivity index (χ3v) is 2.54. The molecule has 0 unspecified atom stereocenters. The van der Waals surface area contributed by atoms with E-state index >= 15 is 0 Å². The van der Waals surface area contributed by atoms with Crippen molar-refractivity contribution in [1.82, 2.24) is 0 Å². The van der Waals surface area contributed by atoms with Gasteiger partial charge in [0.2, 0.25) is 0 Å². The summed E-state index contributed by atoms with van der Waals surface area (Å²) in [4.78, 5) is 0. The Hall–Kier alpha value is -0.420. The predicted molar refractivity (Wildman–Crippen MR) is 61.8 cm³/mol. The molecule has 6 heteroatoms. The number of hydrogen-bond donors (Lipinski definition) is 2. The van der Waals surface area contributed by atoms with Crippen molar-refractivity contribution in [2.45, 2.75) is 25.5 Å². The van der Waals surface area contributed by atoms with Crippen LogP contribution < -0.4 is 5.73 Å². The first-order chi connectivity index (χ1) is 6.99. The lowest BCUT2D eigenvalue weighted by Gasteiger charge is -2.19. The normalized spacial score (nSPS) is 14.1. The van der Waals surface area contributed by atoms with Gasteiger partial charge in [-0.3, -0.25) is 0 Å². The molecule has 0 bridgehead atoms. The van der Waals surface area contributed by atoms with E-state index in [0.29, 0.717) is 6.42 Å². The molecule has 0 aliphatic heterocycles. The molecule has 0 saturated carbocycles. The van der Waals surface area contributed by atoms with Crippen LogP contribution in [0.4, 0.5) is 8.78 Å². The Bertz CT molecular complexity index is 363. The van der Waals surface area contributed by atoms with E-state index in [2.05, 4.69) is 0 Å². The van der Waals surface area contributed by atoms with Gasteiger partial charge < -0.3 is 10.8 Å². The fraction of sp³-hybridized carbons (Fsp3) is 0.400. The summed E-state index contributed by atoms with van der Waals surface area (Å²) in [6.45, 7) is 1.67. The first-order valence-electron chi connectivity index (χ1n) is 4.56. The molecule has 0 amide bonds. The van der Waals surface area contributed by atoms with Crippen LogP contribution in [0, 0.1) is 11.6 Å². The smallest absolute Gasteiger partial charge is 0.149 e. The van der Waals surface area contributed by atoms with Crippen LogP contribution in [0.1, 0.15) is 24.9 Å². The molecule has 1 aromatic carbocycles. The Kier molecular flexibility index (Phi) is 6.18. The van der Waals surface area contributed by atoms with Gasteiger partial charge >= 0.3 is 0 Å². The fourth-order valence-electron chi connectivity index (χ4n) is 1.29. The molecule has 16 heavy (non-hydrogen) atoms. The maximum absolute atomic E-state index is 13.4. The third-order valence-electron chi connectivity index (χ3n) is 2.25. The Morgan fingerprint density at radius 2 is 2.00 bits per heavy atom. The summed E-state index contributed by atoms with van der Waals surface area (Å²) in [7, 11) is 0. The first-order valence-corrected chi connectivity index (χ1v) is 4.93. The van der Waals surface area contributed by atoms with E-state index < -0.39 is 23.8 Å². The summed E-state index contributed by atoms with van der Waals surface area (Å²) >= 11 is 5.50. The van der Waals surface area contributed by atoms with E-state index in [4.69, 9.17) is 17.3 Å². The number of aliphatic hydroxyl groups is 1. The van der Waals surface area contributed by atoms with Gasteiger partial charge in [-0.1, -0.05) is 18.5 Å². The summed E-state index contributed by atoms with van der Waals surface area (Å²) in [5.74, 6) is -1.70. The Labute approximate surface area is 104 Å². The van der Waals surface area contributed by atoms with Gasteiger partial charge in [-0.05, 0) is 18.6 Å². The number of nitrogens with two attached hydrogens (primary N) is 1. The maximum atomic E-state index is 13.4. The highest BCUT2D eigenvalue weighted by Gasteiger charge is 2.23. The van der Waals surface area contributed by atoms with Gasteiger partial charge in [0.05, 0.1) is 17.2 Å². The van der Waals surface area contributed by atoms with Crippen LogP contribution in [0.3, 0.4) is 0 Å². The fourth-order valence-corrected chi connectivity index (χ4v) is 1.46. The van der Waals surface area contributed by atoms with Crippen molar-refractivity contribution in [3.8, 4) is 0 Å². The van der Waals surface area contributed by atoms with E-state index in [9.17, 15) is 13.9 Å². The second kappa shape index (κ2) is 6.35. The monoisotopic (exact) mass is 271 g/mol. The number of benzene rings is 1. The minimum atomic E-state index is -1.10. The van der Waals surface area contributed by atoms with Crippen LogP contribution in [0.15, 0.2) is 12.1 Å². The average Bonchev–Trinajstić information content (AvgIpc) is 2.22. The molecule has 0 radical (unpaired) electrons.